The lowest BCUT2D eigenvalue weighted by atomic mass is 9.95. The number of likely N-dealkylation sites (N-methyl/N-ethyl adjacent to an activating group) is 1. The van der Waals surface area contributed by atoms with Crippen molar-refractivity contribution in [2.75, 3.05) is 39.9 Å². The first-order valence-corrected chi connectivity index (χ1v) is 4.33. The molecular weight excluding hydrogens is 140 g/mol. The molecule has 1 N–H and O–H groups in total. The molecule has 2 aliphatic rings. The third kappa shape index (κ3) is 1.17. The average molecular weight is 156 g/mol. The summed E-state index contributed by atoms with van der Waals surface area (Å²) in [6, 6.07) is 0. The summed E-state index contributed by atoms with van der Waals surface area (Å²) in [5.41, 5.74) is 0.332. The van der Waals surface area contributed by atoms with E-state index in [2.05, 4.69) is 17.3 Å². The summed E-state index contributed by atoms with van der Waals surface area (Å²) in [5, 5.41) is 3.43. The standard InChI is InChI=1S/C8H16N2O/c1-10-4-3-9-6-8(10)2-5-11-7-8/h9H,2-7H2,1H3/t8-/m0/s1. The van der Waals surface area contributed by atoms with Gasteiger partial charge in [0.15, 0.2) is 0 Å². The van der Waals surface area contributed by atoms with Crippen molar-refractivity contribution >= 4 is 0 Å². The minimum Gasteiger partial charge on any atom is -0.379 e. The van der Waals surface area contributed by atoms with Gasteiger partial charge in [0, 0.05) is 26.2 Å². The summed E-state index contributed by atoms with van der Waals surface area (Å²) >= 11 is 0. The number of hydrogen-bond acceptors (Lipinski definition) is 3. The van der Waals surface area contributed by atoms with Crippen LogP contribution >= 0.6 is 0 Å². The lowest BCUT2D eigenvalue weighted by Gasteiger charge is -2.41. The molecule has 0 amide bonds. The second-order valence-electron chi connectivity index (χ2n) is 3.63. The van der Waals surface area contributed by atoms with Crippen LogP contribution in [0.25, 0.3) is 0 Å². The van der Waals surface area contributed by atoms with Gasteiger partial charge in [0.25, 0.3) is 0 Å². The van der Waals surface area contributed by atoms with Crippen LogP contribution in [0.2, 0.25) is 0 Å². The molecule has 0 bridgehead atoms. The second kappa shape index (κ2) is 2.73. The summed E-state index contributed by atoms with van der Waals surface area (Å²) in [5.74, 6) is 0. The zero-order chi connectivity index (χ0) is 7.73. The summed E-state index contributed by atoms with van der Waals surface area (Å²) in [6.07, 6.45) is 1.19. The highest BCUT2D eigenvalue weighted by Crippen LogP contribution is 2.25. The largest absolute Gasteiger partial charge is 0.379 e. The highest BCUT2D eigenvalue weighted by molar-refractivity contribution is 4.97. The van der Waals surface area contributed by atoms with Crippen LogP contribution in [0.1, 0.15) is 6.42 Å². The van der Waals surface area contributed by atoms with Crippen LogP contribution in [0.5, 0.6) is 0 Å². The summed E-state index contributed by atoms with van der Waals surface area (Å²) < 4.78 is 5.43. The Labute approximate surface area is 67.7 Å². The number of hydrogen-bond donors (Lipinski definition) is 1. The molecule has 2 fully saturated rings. The van der Waals surface area contributed by atoms with E-state index in [-0.39, 0.29) is 0 Å². The molecule has 11 heavy (non-hydrogen) atoms. The van der Waals surface area contributed by atoms with Gasteiger partial charge in [0.2, 0.25) is 0 Å². The number of nitrogens with one attached hydrogen (secondary N) is 1. The van der Waals surface area contributed by atoms with Gasteiger partial charge in [0.1, 0.15) is 0 Å². The van der Waals surface area contributed by atoms with Crippen molar-refractivity contribution < 1.29 is 4.74 Å². The van der Waals surface area contributed by atoms with E-state index in [1.54, 1.807) is 0 Å². The molecule has 1 spiro atoms. The maximum Gasteiger partial charge on any atom is 0.0663 e. The highest BCUT2D eigenvalue weighted by atomic mass is 16.5. The van der Waals surface area contributed by atoms with Crippen molar-refractivity contribution in [1.29, 1.82) is 0 Å². The summed E-state index contributed by atoms with van der Waals surface area (Å²) in [7, 11) is 2.20. The van der Waals surface area contributed by atoms with Crippen LogP contribution in [-0.2, 0) is 4.74 Å². The van der Waals surface area contributed by atoms with Crippen molar-refractivity contribution in [2.24, 2.45) is 0 Å². The van der Waals surface area contributed by atoms with Crippen LogP contribution < -0.4 is 5.32 Å². The van der Waals surface area contributed by atoms with Gasteiger partial charge in [-0.15, -0.1) is 0 Å². The first-order chi connectivity index (χ1) is 5.33. The molecule has 64 valence electrons. The molecule has 2 rings (SSSR count). The minimum atomic E-state index is 0.332. The Morgan fingerprint density at radius 1 is 1.55 bits per heavy atom. The molecule has 0 unspecified atom stereocenters. The minimum absolute atomic E-state index is 0.332. The molecular formula is C8H16N2O. The number of nitrogens with zero attached hydrogens (tertiary/aromatic N) is 1. The molecule has 2 saturated heterocycles. The maximum absolute atomic E-state index is 5.43. The Morgan fingerprint density at radius 2 is 2.45 bits per heavy atom. The van der Waals surface area contributed by atoms with Crippen LogP contribution in [0, 0.1) is 0 Å². The Kier molecular flexibility index (Phi) is 1.87. The first-order valence-electron chi connectivity index (χ1n) is 4.33. The van der Waals surface area contributed by atoms with Gasteiger partial charge in [-0.3, -0.25) is 4.90 Å². The predicted molar refractivity (Wildman–Crippen MR) is 43.7 cm³/mol. The molecule has 2 aliphatic heterocycles. The molecule has 0 aromatic carbocycles. The molecule has 0 saturated carbocycles. The highest BCUT2D eigenvalue weighted by Gasteiger charge is 2.39. The van der Waals surface area contributed by atoms with Crippen molar-refractivity contribution in [3.63, 3.8) is 0 Å². The first kappa shape index (κ1) is 7.53. The fraction of sp³-hybridized carbons (Fsp3) is 1.00. The Hall–Kier alpha value is -0.120. The van der Waals surface area contributed by atoms with Crippen molar-refractivity contribution in [2.45, 2.75) is 12.0 Å². The predicted octanol–water partition coefficient (Wildman–Crippen LogP) is -0.319. The Bertz CT molecular complexity index is 143. The number of rotatable bonds is 0. The molecule has 0 radical (unpaired) electrons. The summed E-state index contributed by atoms with van der Waals surface area (Å²) in [6.45, 7) is 5.23. The SMILES string of the molecule is CN1CCNC[C@]12CCOC2. The monoisotopic (exact) mass is 156 g/mol. The van der Waals surface area contributed by atoms with E-state index in [1.165, 1.54) is 6.42 Å². The van der Waals surface area contributed by atoms with Gasteiger partial charge < -0.3 is 10.1 Å². The zero-order valence-corrected chi connectivity index (χ0v) is 7.10. The average Bonchev–Trinajstić information content (AvgIpc) is 2.46. The number of ether oxygens (including phenoxy) is 1. The van der Waals surface area contributed by atoms with Crippen molar-refractivity contribution in [3.05, 3.63) is 0 Å². The van der Waals surface area contributed by atoms with E-state index in [1.807, 2.05) is 0 Å². The van der Waals surface area contributed by atoms with E-state index in [9.17, 15) is 0 Å². The van der Waals surface area contributed by atoms with Crippen LogP contribution in [0.15, 0.2) is 0 Å². The second-order valence-corrected chi connectivity index (χ2v) is 3.63. The van der Waals surface area contributed by atoms with E-state index < -0.39 is 0 Å². The van der Waals surface area contributed by atoms with Gasteiger partial charge in [-0.25, -0.2) is 0 Å². The van der Waals surface area contributed by atoms with Gasteiger partial charge in [-0.1, -0.05) is 0 Å². The smallest absolute Gasteiger partial charge is 0.0663 e. The summed E-state index contributed by atoms with van der Waals surface area (Å²) in [4.78, 5) is 2.44. The maximum atomic E-state index is 5.43. The van der Waals surface area contributed by atoms with Crippen molar-refractivity contribution in [3.8, 4) is 0 Å². The Morgan fingerprint density at radius 3 is 3.09 bits per heavy atom. The van der Waals surface area contributed by atoms with E-state index in [4.69, 9.17) is 4.74 Å². The van der Waals surface area contributed by atoms with E-state index in [0.717, 1.165) is 32.8 Å². The van der Waals surface area contributed by atoms with Gasteiger partial charge in [0.05, 0.1) is 12.1 Å². The third-order valence-electron chi connectivity index (χ3n) is 2.97. The van der Waals surface area contributed by atoms with Crippen LogP contribution in [0.4, 0.5) is 0 Å². The zero-order valence-electron chi connectivity index (χ0n) is 7.10. The Balaban J connectivity index is 2.07. The van der Waals surface area contributed by atoms with E-state index >= 15 is 0 Å². The lowest BCUT2D eigenvalue weighted by Crippen LogP contribution is -2.60. The normalized spacial score (nSPS) is 40.1. The van der Waals surface area contributed by atoms with Gasteiger partial charge >= 0.3 is 0 Å². The third-order valence-corrected chi connectivity index (χ3v) is 2.97. The van der Waals surface area contributed by atoms with Crippen LogP contribution in [0.3, 0.4) is 0 Å². The number of piperazine rings is 1. The molecule has 1 atom stereocenters. The molecule has 0 aliphatic carbocycles. The van der Waals surface area contributed by atoms with Crippen LogP contribution in [-0.4, -0.2) is 50.3 Å². The van der Waals surface area contributed by atoms with Crippen molar-refractivity contribution in [1.82, 2.24) is 10.2 Å². The molecule has 3 heteroatoms. The molecule has 2 heterocycles. The quantitative estimate of drug-likeness (QED) is 0.520. The topological polar surface area (TPSA) is 24.5 Å². The fourth-order valence-corrected chi connectivity index (χ4v) is 1.98. The molecule has 0 aromatic rings. The van der Waals surface area contributed by atoms with E-state index in [0.29, 0.717) is 5.54 Å². The lowest BCUT2D eigenvalue weighted by molar-refractivity contribution is 0.0671. The van der Waals surface area contributed by atoms with Gasteiger partial charge in [-0.2, -0.15) is 0 Å². The molecule has 3 nitrogen and oxygen atoms in total. The fourth-order valence-electron chi connectivity index (χ4n) is 1.98. The molecule has 0 aromatic heterocycles. The van der Waals surface area contributed by atoms with Gasteiger partial charge in [-0.05, 0) is 13.5 Å².